The summed E-state index contributed by atoms with van der Waals surface area (Å²) in [5.74, 6) is -2.50. The molecule has 34 heavy (non-hydrogen) atoms. The number of nitrogens with zero attached hydrogens (tertiary/aromatic N) is 3. The quantitative estimate of drug-likeness (QED) is 0.296. The standard InChI is InChI=1S/C24H18F2N4O3S/c25-17-11-12-19(26)20(13-17)27-21(31)14-33-22(32)15-34-24-29-28-23(16-7-3-1-4-8-16)30(24)18-9-5-2-6-10-18/h1-13H,14-15H2,(H,27,31). The number of carbonyl (C=O) groups is 2. The minimum Gasteiger partial charge on any atom is -0.455 e. The second kappa shape index (κ2) is 10.7. The van der Waals surface area contributed by atoms with Crippen molar-refractivity contribution in [3.63, 3.8) is 0 Å². The molecule has 1 N–H and O–H groups in total. The van der Waals surface area contributed by atoms with E-state index < -0.39 is 30.1 Å². The molecule has 0 bridgehead atoms. The first-order valence-electron chi connectivity index (χ1n) is 10.1. The van der Waals surface area contributed by atoms with Gasteiger partial charge in [-0.1, -0.05) is 60.3 Å². The number of thioether (sulfide) groups is 1. The van der Waals surface area contributed by atoms with E-state index >= 15 is 0 Å². The van der Waals surface area contributed by atoms with Gasteiger partial charge in [-0.15, -0.1) is 10.2 Å². The van der Waals surface area contributed by atoms with E-state index in [1.807, 2.05) is 65.2 Å². The number of rotatable bonds is 8. The van der Waals surface area contributed by atoms with Crippen molar-refractivity contribution in [2.75, 3.05) is 17.7 Å². The number of para-hydroxylation sites is 1. The van der Waals surface area contributed by atoms with Gasteiger partial charge in [0.05, 0.1) is 11.4 Å². The fourth-order valence-corrected chi connectivity index (χ4v) is 3.79. The Hall–Kier alpha value is -4.05. The largest absolute Gasteiger partial charge is 0.455 e. The highest BCUT2D eigenvalue weighted by Gasteiger charge is 2.18. The molecule has 0 aliphatic carbocycles. The number of anilines is 1. The van der Waals surface area contributed by atoms with Crippen LogP contribution in [-0.2, 0) is 14.3 Å². The second-order valence-electron chi connectivity index (χ2n) is 6.96. The molecule has 7 nitrogen and oxygen atoms in total. The smallest absolute Gasteiger partial charge is 0.316 e. The summed E-state index contributed by atoms with van der Waals surface area (Å²) < 4.78 is 33.6. The summed E-state index contributed by atoms with van der Waals surface area (Å²) in [7, 11) is 0. The van der Waals surface area contributed by atoms with Gasteiger partial charge in [-0.05, 0) is 24.3 Å². The van der Waals surface area contributed by atoms with E-state index in [1.165, 1.54) is 0 Å². The van der Waals surface area contributed by atoms with Crippen LogP contribution in [0.15, 0.2) is 84.0 Å². The van der Waals surface area contributed by atoms with Crippen LogP contribution in [0.5, 0.6) is 0 Å². The Balaban J connectivity index is 1.40. The molecular formula is C24H18F2N4O3S. The number of carbonyl (C=O) groups excluding carboxylic acids is 2. The minimum absolute atomic E-state index is 0.138. The summed E-state index contributed by atoms with van der Waals surface area (Å²) in [5.41, 5.74) is 1.34. The minimum atomic E-state index is -0.800. The van der Waals surface area contributed by atoms with Gasteiger partial charge in [0.1, 0.15) is 11.6 Å². The molecule has 0 aliphatic heterocycles. The zero-order valence-corrected chi connectivity index (χ0v) is 18.5. The zero-order valence-electron chi connectivity index (χ0n) is 17.7. The van der Waals surface area contributed by atoms with Crippen LogP contribution in [0.2, 0.25) is 0 Å². The summed E-state index contributed by atoms with van der Waals surface area (Å²) in [6.45, 7) is -0.643. The Labute approximate surface area is 197 Å². The summed E-state index contributed by atoms with van der Waals surface area (Å²) in [6, 6.07) is 21.6. The second-order valence-corrected chi connectivity index (χ2v) is 7.91. The third-order valence-corrected chi connectivity index (χ3v) is 5.47. The fraction of sp³-hybridized carbons (Fsp3) is 0.0833. The van der Waals surface area contributed by atoms with Crippen LogP contribution >= 0.6 is 11.8 Å². The van der Waals surface area contributed by atoms with E-state index in [0.717, 1.165) is 41.2 Å². The number of hydrogen-bond acceptors (Lipinski definition) is 6. The van der Waals surface area contributed by atoms with Crippen LogP contribution in [-0.4, -0.2) is 39.0 Å². The van der Waals surface area contributed by atoms with Gasteiger partial charge in [0.25, 0.3) is 5.91 Å². The van der Waals surface area contributed by atoms with Crippen molar-refractivity contribution in [2.24, 2.45) is 0 Å². The maximum absolute atomic E-state index is 13.6. The first kappa shape index (κ1) is 23.1. The van der Waals surface area contributed by atoms with E-state index in [1.54, 1.807) is 0 Å². The van der Waals surface area contributed by atoms with Gasteiger partial charge in [0, 0.05) is 17.3 Å². The predicted octanol–water partition coefficient (Wildman–Crippen LogP) is 4.49. The molecule has 0 fully saturated rings. The highest BCUT2D eigenvalue weighted by molar-refractivity contribution is 7.99. The summed E-state index contributed by atoms with van der Waals surface area (Å²) >= 11 is 1.10. The van der Waals surface area contributed by atoms with Crippen LogP contribution < -0.4 is 5.32 Å². The molecular weight excluding hydrogens is 462 g/mol. The van der Waals surface area contributed by atoms with Gasteiger partial charge in [-0.25, -0.2) is 8.78 Å². The van der Waals surface area contributed by atoms with Gasteiger partial charge in [0.2, 0.25) is 0 Å². The number of ether oxygens (including phenoxy) is 1. The molecule has 10 heteroatoms. The van der Waals surface area contributed by atoms with Gasteiger partial charge in [-0.2, -0.15) is 0 Å². The molecule has 0 saturated carbocycles. The number of esters is 1. The fourth-order valence-electron chi connectivity index (χ4n) is 3.04. The highest BCUT2D eigenvalue weighted by Crippen LogP contribution is 2.27. The molecule has 3 aromatic carbocycles. The van der Waals surface area contributed by atoms with Crippen molar-refractivity contribution in [3.8, 4) is 17.1 Å². The van der Waals surface area contributed by atoms with E-state index in [4.69, 9.17) is 4.74 Å². The van der Waals surface area contributed by atoms with Crippen LogP contribution in [0, 0.1) is 11.6 Å². The van der Waals surface area contributed by atoms with Gasteiger partial charge in [-0.3, -0.25) is 14.2 Å². The number of nitrogens with one attached hydrogen (secondary N) is 1. The third kappa shape index (κ3) is 5.65. The van der Waals surface area contributed by atoms with Crippen LogP contribution in [0.3, 0.4) is 0 Å². The van der Waals surface area contributed by atoms with Crippen LogP contribution in [0.1, 0.15) is 0 Å². The highest BCUT2D eigenvalue weighted by atomic mass is 32.2. The first-order chi connectivity index (χ1) is 16.5. The van der Waals surface area contributed by atoms with Gasteiger partial charge < -0.3 is 10.1 Å². The molecule has 0 radical (unpaired) electrons. The molecule has 0 saturated heterocycles. The molecule has 0 spiro atoms. The molecule has 1 aromatic heterocycles. The van der Waals surface area contributed by atoms with Crippen LogP contribution in [0.4, 0.5) is 14.5 Å². The number of hydrogen-bond donors (Lipinski definition) is 1. The van der Waals surface area contributed by atoms with E-state index in [0.29, 0.717) is 11.0 Å². The molecule has 1 amide bonds. The normalized spacial score (nSPS) is 10.6. The van der Waals surface area contributed by atoms with Crippen molar-refractivity contribution >= 4 is 29.3 Å². The van der Waals surface area contributed by atoms with Crippen molar-refractivity contribution in [2.45, 2.75) is 5.16 Å². The number of aromatic nitrogens is 3. The summed E-state index contributed by atoms with van der Waals surface area (Å²) in [4.78, 5) is 24.1. The maximum Gasteiger partial charge on any atom is 0.316 e. The Morgan fingerprint density at radius 3 is 2.38 bits per heavy atom. The van der Waals surface area contributed by atoms with Gasteiger partial charge >= 0.3 is 5.97 Å². The molecule has 0 aliphatic rings. The van der Waals surface area contributed by atoms with Crippen LogP contribution in [0.25, 0.3) is 17.1 Å². The van der Waals surface area contributed by atoms with Crippen molar-refractivity contribution in [1.29, 1.82) is 0 Å². The van der Waals surface area contributed by atoms with E-state index in [9.17, 15) is 18.4 Å². The number of amides is 1. The Morgan fingerprint density at radius 1 is 0.941 bits per heavy atom. The number of halogens is 2. The Morgan fingerprint density at radius 2 is 1.65 bits per heavy atom. The topological polar surface area (TPSA) is 86.1 Å². The zero-order chi connectivity index (χ0) is 23.9. The van der Waals surface area contributed by atoms with Crippen molar-refractivity contribution in [1.82, 2.24) is 14.8 Å². The summed E-state index contributed by atoms with van der Waals surface area (Å²) in [6.07, 6.45) is 0. The molecule has 0 atom stereocenters. The lowest BCUT2D eigenvalue weighted by atomic mass is 10.2. The molecule has 4 rings (SSSR count). The van der Waals surface area contributed by atoms with Crippen molar-refractivity contribution < 1.29 is 23.1 Å². The Bertz CT molecular complexity index is 1300. The average Bonchev–Trinajstić information content (AvgIpc) is 3.29. The lowest BCUT2D eigenvalue weighted by Gasteiger charge is -2.10. The SMILES string of the molecule is O=C(COC(=O)CSc1nnc(-c2ccccc2)n1-c1ccccc1)Nc1cc(F)ccc1F. The molecule has 1 heterocycles. The average molecular weight is 480 g/mol. The molecule has 172 valence electrons. The number of benzene rings is 3. The summed E-state index contributed by atoms with van der Waals surface area (Å²) in [5, 5.41) is 11.1. The Kier molecular flexibility index (Phi) is 7.28. The lowest BCUT2D eigenvalue weighted by Crippen LogP contribution is -2.22. The van der Waals surface area contributed by atoms with Gasteiger partial charge in [0.15, 0.2) is 17.6 Å². The van der Waals surface area contributed by atoms with E-state index in [2.05, 4.69) is 15.5 Å². The van der Waals surface area contributed by atoms with E-state index in [-0.39, 0.29) is 11.4 Å². The maximum atomic E-state index is 13.6. The third-order valence-electron chi connectivity index (χ3n) is 4.57. The van der Waals surface area contributed by atoms with Crippen molar-refractivity contribution in [3.05, 3.63) is 90.5 Å². The first-order valence-corrected chi connectivity index (χ1v) is 11.1. The predicted molar refractivity (Wildman–Crippen MR) is 123 cm³/mol. The monoisotopic (exact) mass is 480 g/mol. The molecule has 4 aromatic rings. The lowest BCUT2D eigenvalue weighted by molar-refractivity contribution is -0.144. The molecule has 0 unspecified atom stereocenters.